The fourth-order valence-corrected chi connectivity index (χ4v) is 3.11. The zero-order chi connectivity index (χ0) is 10.1. The molecule has 0 aromatic carbocycles. The minimum Gasteiger partial charge on any atom is -0.307 e. The molecule has 1 N–H and O–H groups in total. The first-order valence-electron chi connectivity index (χ1n) is 5.16. The van der Waals surface area contributed by atoms with Crippen molar-refractivity contribution in [1.29, 1.82) is 0 Å². The molecule has 78 valence electrons. The smallest absolute Gasteiger partial charge is 0.0931 e. The van der Waals surface area contributed by atoms with E-state index in [4.69, 9.17) is 11.6 Å². The van der Waals surface area contributed by atoms with Gasteiger partial charge in [0.1, 0.15) is 0 Å². The van der Waals surface area contributed by atoms with Crippen LogP contribution in [-0.4, -0.2) is 6.04 Å². The van der Waals surface area contributed by atoms with E-state index in [9.17, 15) is 0 Å². The molecular formula is C11H16ClNS. The SMILES string of the molecule is CC1CC(N[C@H](C)c2ccc(Cl)s2)C1. The maximum Gasteiger partial charge on any atom is 0.0931 e. The van der Waals surface area contributed by atoms with Crippen LogP contribution in [0.2, 0.25) is 4.34 Å². The number of halogens is 1. The van der Waals surface area contributed by atoms with E-state index in [1.54, 1.807) is 11.3 Å². The molecule has 14 heavy (non-hydrogen) atoms. The Morgan fingerprint density at radius 3 is 2.71 bits per heavy atom. The number of hydrogen-bond acceptors (Lipinski definition) is 2. The van der Waals surface area contributed by atoms with Crippen molar-refractivity contribution in [2.24, 2.45) is 5.92 Å². The van der Waals surface area contributed by atoms with Crippen LogP contribution >= 0.6 is 22.9 Å². The first-order chi connectivity index (χ1) is 6.65. The second-order valence-corrected chi connectivity index (χ2v) is 6.05. The van der Waals surface area contributed by atoms with Crippen molar-refractivity contribution in [3.05, 3.63) is 21.3 Å². The molecule has 0 saturated heterocycles. The van der Waals surface area contributed by atoms with Gasteiger partial charge in [-0.1, -0.05) is 18.5 Å². The summed E-state index contributed by atoms with van der Waals surface area (Å²) in [6.45, 7) is 4.52. The van der Waals surface area contributed by atoms with Crippen LogP contribution in [0, 0.1) is 5.92 Å². The Hall–Kier alpha value is -0.0500. The molecule has 0 radical (unpaired) electrons. The first kappa shape index (κ1) is 10.5. The first-order valence-corrected chi connectivity index (χ1v) is 6.36. The van der Waals surface area contributed by atoms with Crippen molar-refractivity contribution < 1.29 is 0 Å². The Labute approximate surface area is 94.5 Å². The largest absolute Gasteiger partial charge is 0.307 e. The third-order valence-electron chi connectivity index (χ3n) is 2.88. The van der Waals surface area contributed by atoms with E-state index in [1.807, 2.05) is 6.07 Å². The van der Waals surface area contributed by atoms with Gasteiger partial charge in [-0.3, -0.25) is 0 Å². The lowest BCUT2D eigenvalue weighted by Crippen LogP contribution is -2.41. The predicted molar refractivity (Wildman–Crippen MR) is 63.1 cm³/mol. The third-order valence-corrected chi connectivity index (χ3v) is 4.29. The summed E-state index contributed by atoms with van der Waals surface area (Å²) in [5.41, 5.74) is 0. The summed E-state index contributed by atoms with van der Waals surface area (Å²) in [7, 11) is 0. The van der Waals surface area contributed by atoms with Crippen molar-refractivity contribution in [3.8, 4) is 0 Å². The molecule has 0 spiro atoms. The zero-order valence-electron chi connectivity index (χ0n) is 8.59. The Balaban J connectivity index is 1.86. The quantitative estimate of drug-likeness (QED) is 0.830. The molecule has 0 amide bonds. The van der Waals surface area contributed by atoms with Crippen LogP contribution in [0.15, 0.2) is 12.1 Å². The van der Waals surface area contributed by atoms with Crippen molar-refractivity contribution in [1.82, 2.24) is 5.32 Å². The Bertz CT molecular complexity index is 304. The van der Waals surface area contributed by atoms with Gasteiger partial charge < -0.3 is 5.32 Å². The van der Waals surface area contributed by atoms with E-state index in [-0.39, 0.29) is 0 Å². The van der Waals surface area contributed by atoms with Crippen LogP contribution in [0.3, 0.4) is 0 Å². The van der Waals surface area contributed by atoms with E-state index in [0.717, 1.165) is 16.3 Å². The highest BCUT2D eigenvalue weighted by Crippen LogP contribution is 2.31. The number of thiophene rings is 1. The molecule has 0 bridgehead atoms. The van der Waals surface area contributed by atoms with E-state index in [2.05, 4.69) is 25.2 Å². The fraction of sp³-hybridized carbons (Fsp3) is 0.636. The van der Waals surface area contributed by atoms with Crippen molar-refractivity contribution >= 4 is 22.9 Å². The molecule has 0 aliphatic heterocycles. The monoisotopic (exact) mass is 229 g/mol. The number of rotatable bonds is 3. The minimum atomic E-state index is 0.449. The van der Waals surface area contributed by atoms with Crippen LogP contribution in [0.4, 0.5) is 0 Å². The van der Waals surface area contributed by atoms with Crippen molar-refractivity contribution in [2.45, 2.75) is 38.8 Å². The molecule has 1 aromatic heterocycles. The van der Waals surface area contributed by atoms with Crippen molar-refractivity contribution in [3.63, 3.8) is 0 Å². The van der Waals surface area contributed by atoms with Gasteiger partial charge in [-0.25, -0.2) is 0 Å². The van der Waals surface area contributed by atoms with Crippen LogP contribution in [0.5, 0.6) is 0 Å². The highest BCUT2D eigenvalue weighted by atomic mass is 35.5. The van der Waals surface area contributed by atoms with Gasteiger partial charge in [-0.05, 0) is 37.8 Å². The molecule has 1 aromatic rings. The summed E-state index contributed by atoms with van der Waals surface area (Å²) in [5, 5.41) is 3.63. The summed E-state index contributed by atoms with van der Waals surface area (Å²) in [4.78, 5) is 1.34. The number of hydrogen-bond donors (Lipinski definition) is 1. The standard InChI is InChI=1S/C11H16ClNS/c1-7-5-9(6-7)13-8(2)10-3-4-11(12)14-10/h3-4,7-9,13H,5-6H2,1-2H3/t7?,8-,9?/m1/s1. The van der Waals surface area contributed by atoms with Crippen LogP contribution < -0.4 is 5.32 Å². The zero-order valence-corrected chi connectivity index (χ0v) is 10.2. The summed E-state index contributed by atoms with van der Waals surface area (Å²) >= 11 is 7.58. The normalized spacial score (nSPS) is 28.5. The third kappa shape index (κ3) is 2.30. The lowest BCUT2D eigenvalue weighted by atomic mass is 9.81. The Morgan fingerprint density at radius 1 is 1.50 bits per heavy atom. The summed E-state index contributed by atoms with van der Waals surface area (Å²) < 4.78 is 0.885. The van der Waals surface area contributed by atoms with Gasteiger partial charge in [-0.2, -0.15) is 0 Å². The van der Waals surface area contributed by atoms with E-state index in [1.165, 1.54) is 17.7 Å². The van der Waals surface area contributed by atoms with Gasteiger partial charge in [0.25, 0.3) is 0 Å². The van der Waals surface area contributed by atoms with E-state index >= 15 is 0 Å². The molecule has 2 rings (SSSR count). The lowest BCUT2D eigenvalue weighted by molar-refractivity contribution is 0.227. The van der Waals surface area contributed by atoms with Crippen LogP contribution in [0.25, 0.3) is 0 Å². The molecular weight excluding hydrogens is 214 g/mol. The summed E-state index contributed by atoms with van der Waals surface area (Å²) in [6, 6.07) is 5.27. The van der Waals surface area contributed by atoms with Gasteiger partial charge in [-0.15, -0.1) is 11.3 Å². The van der Waals surface area contributed by atoms with Crippen molar-refractivity contribution in [2.75, 3.05) is 0 Å². The van der Waals surface area contributed by atoms with E-state index < -0.39 is 0 Å². The molecule has 1 heterocycles. The molecule has 1 fully saturated rings. The van der Waals surface area contributed by atoms with Gasteiger partial charge in [0, 0.05) is 17.0 Å². The summed E-state index contributed by atoms with van der Waals surface area (Å²) in [6.07, 6.45) is 2.65. The average Bonchev–Trinajstić information content (AvgIpc) is 2.49. The van der Waals surface area contributed by atoms with Gasteiger partial charge >= 0.3 is 0 Å². The van der Waals surface area contributed by atoms with E-state index in [0.29, 0.717) is 6.04 Å². The van der Waals surface area contributed by atoms with Gasteiger partial charge in [0.05, 0.1) is 4.34 Å². The number of nitrogens with one attached hydrogen (secondary N) is 1. The maximum absolute atomic E-state index is 5.90. The lowest BCUT2D eigenvalue weighted by Gasteiger charge is -2.35. The Kier molecular flexibility index (Phi) is 3.15. The predicted octanol–water partition coefficient (Wildman–Crippen LogP) is 3.85. The fourth-order valence-electron chi connectivity index (χ4n) is 2.04. The maximum atomic E-state index is 5.90. The minimum absolute atomic E-state index is 0.449. The van der Waals surface area contributed by atoms with Crippen LogP contribution in [-0.2, 0) is 0 Å². The molecule has 1 saturated carbocycles. The highest BCUT2D eigenvalue weighted by molar-refractivity contribution is 7.16. The molecule has 1 aliphatic carbocycles. The molecule has 1 atom stereocenters. The molecule has 3 heteroatoms. The topological polar surface area (TPSA) is 12.0 Å². The second kappa shape index (κ2) is 4.21. The molecule has 1 nitrogen and oxygen atoms in total. The molecule has 0 unspecified atom stereocenters. The summed E-state index contributed by atoms with van der Waals surface area (Å²) in [5.74, 6) is 0.909. The van der Waals surface area contributed by atoms with Crippen LogP contribution in [0.1, 0.15) is 37.6 Å². The van der Waals surface area contributed by atoms with Gasteiger partial charge in [0.15, 0.2) is 0 Å². The second-order valence-electron chi connectivity index (χ2n) is 4.30. The highest BCUT2D eigenvalue weighted by Gasteiger charge is 2.26. The van der Waals surface area contributed by atoms with Gasteiger partial charge in [0.2, 0.25) is 0 Å². The molecule has 1 aliphatic rings. The average molecular weight is 230 g/mol. The Morgan fingerprint density at radius 2 is 2.21 bits per heavy atom.